The molecule has 1 aromatic rings. The predicted molar refractivity (Wildman–Crippen MR) is 91.1 cm³/mol. The molecular weight excluding hydrogens is 298 g/mol. The topological polar surface area (TPSA) is 57.6 Å². The Morgan fingerprint density at radius 3 is 2.36 bits per heavy atom. The lowest BCUT2D eigenvalue weighted by atomic mass is 9.96. The third kappa shape index (κ3) is 8.08. The molecule has 0 radical (unpaired) electrons. The Morgan fingerprint density at radius 2 is 1.82 bits per heavy atom. The molecule has 0 atom stereocenters. The molecule has 0 aliphatic heterocycles. The van der Waals surface area contributed by atoms with Gasteiger partial charge >= 0.3 is 5.97 Å². The van der Waals surface area contributed by atoms with Gasteiger partial charge in [-0.15, -0.1) is 0 Å². The number of carboxylic acid groups (broad SMARTS) is 1. The fourth-order valence-electron chi connectivity index (χ4n) is 2.05. The average molecular weight is 323 g/mol. The number of hydrogen-bond donors (Lipinski definition) is 1. The van der Waals surface area contributed by atoms with Crippen LogP contribution in [0.15, 0.2) is 30.3 Å². The van der Waals surface area contributed by atoms with Gasteiger partial charge in [0.15, 0.2) is 0 Å². The summed E-state index contributed by atoms with van der Waals surface area (Å²) in [5.74, 6) is 0.116. The molecule has 1 N–H and O–H groups in total. The van der Waals surface area contributed by atoms with E-state index >= 15 is 0 Å². The molecule has 4 nitrogen and oxygen atoms in total. The molecule has 122 valence electrons. The smallest absolute Gasteiger partial charge is 0.323 e. The van der Waals surface area contributed by atoms with E-state index in [9.17, 15) is 9.59 Å². The first-order chi connectivity index (χ1) is 10.3. The highest BCUT2D eigenvalue weighted by molar-refractivity contribution is 7.99. The second kappa shape index (κ2) is 8.83. The van der Waals surface area contributed by atoms with Crippen LogP contribution in [0, 0.1) is 5.41 Å². The van der Waals surface area contributed by atoms with Crippen LogP contribution < -0.4 is 0 Å². The summed E-state index contributed by atoms with van der Waals surface area (Å²) < 4.78 is 0. The molecule has 0 bridgehead atoms. The number of rotatable bonds is 8. The van der Waals surface area contributed by atoms with Crippen molar-refractivity contribution in [3.05, 3.63) is 35.9 Å². The summed E-state index contributed by atoms with van der Waals surface area (Å²) in [6, 6.07) is 10.1. The largest absolute Gasteiger partial charge is 0.480 e. The van der Waals surface area contributed by atoms with Crippen LogP contribution >= 0.6 is 11.8 Å². The van der Waals surface area contributed by atoms with Crippen molar-refractivity contribution >= 4 is 23.6 Å². The van der Waals surface area contributed by atoms with Crippen LogP contribution in [0.25, 0.3) is 0 Å². The molecule has 0 fully saturated rings. The minimum absolute atomic E-state index is 0.101. The number of amides is 1. The van der Waals surface area contributed by atoms with Crippen LogP contribution in [-0.4, -0.2) is 46.5 Å². The van der Waals surface area contributed by atoms with Crippen molar-refractivity contribution in [3.8, 4) is 0 Å². The van der Waals surface area contributed by atoms with Gasteiger partial charge in [0.2, 0.25) is 5.91 Å². The summed E-state index contributed by atoms with van der Waals surface area (Å²) in [5.41, 5.74) is 1.14. The summed E-state index contributed by atoms with van der Waals surface area (Å²) in [6.07, 6.45) is 0.914. The Labute approximate surface area is 136 Å². The van der Waals surface area contributed by atoms with Crippen LogP contribution in [-0.2, 0) is 16.0 Å². The van der Waals surface area contributed by atoms with Crippen molar-refractivity contribution in [2.45, 2.75) is 27.2 Å². The normalized spacial score (nSPS) is 11.2. The maximum Gasteiger partial charge on any atom is 0.323 e. The second-order valence-electron chi connectivity index (χ2n) is 6.49. The average Bonchev–Trinajstić information content (AvgIpc) is 2.42. The van der Waals surface area contributed by atoms with Crippen molar-refractivity contribution in [3.63, 3.8) is 0 Å². The van der Waals surface area contributed by atoms with Gasteiger partial charge in [-0.3, -0.25) is 9.59 Å². The molecule has 0 aliphatic rings. The SMILES string of the molecule is CC(C)(C)CN(CC(=O)O)C(=O)CSCCc1ccccc1. The highest BCUT2D eigenvalue weighted by Crippen LogP contribution is 2.16. The van der Waals surface area contributed by atoms with E-state index in [1.54, 1.807) is 11.8 Å². The minimum Gasteiger partial charge on any atom is -0.480 e. The third-order valence-corrected chi connectivity index (χ3v) is 3.89. The summed E-state index contributed by atoms with van der Waals surface area (Å²) >= 11 is 1.55. The van der Waals surface area contributed by atoms with Gasteiger partial charge in [-0.1, -0.05) is 51.1 Å². The lowest BCUT2D eigenvalue weighted by molar-refractivity contribution is -0.144. The number of benzene rings is 1. The first-order valence-electron chi connectivity index (χ1n) is 7.39. The van der Waals surface area contributed by atoms with Crippen LogP contribution in [0.3, 0.4) is 0 Å². The van der Waals surface area contributed by atoms with Crippen molar-refractivity contribution in [2.24, 2.45) is 5.41 Å². The molecule has 1 amide bonds. The maximum absolute atomic E-state index is 12.2. The Morgan fingerprint density at radius 1 is 1.18 bits per heavy atom. The van der Waals surface area contributed by atoms with E-state index in [4.69, 9.17) is 5.11 Å². The fraction of sp³-hybridized carbons (Fsp3) is 0.529. The number of carbonyl (C=O) groups excluding carboxylic acids is 1. The van der Waals surface area contributed by atoms with Crippen molar-refractivity contribution < 1.29 is 14.7 Å². The number of thioether (sulfide) groups is 1. The molecule has 0 aromatic heterocycles. The van der Waals surface area contributed by atoms with E-state index in [1.807, 2.05) is 39.0 Å². The number of carbonyl (C=O) groups is 2. The molecule has 0 aliphatic carbocycles. The molecule has 0 unspecified atom stereocenters. The number of aryl methyl sites for hydroxylation is 1. The van der Waals surface area contributed by atoms with Crippen LogP contribution in [0.1, 0.15) is 26.3 Å². The minimum atomic E-state index is -0.966. The number of hydrogen-bond acceptors (Lipinski definition) is 3. The van der Waals surface area contributed by atoms with E-state index < -0.39 is 5.97 Å². The van der Waals surface area contributed by atoms with Gasteiger partial charge in [0.1, 0.15) is 6.54 Å². The summed E-state index contributed by atoms with van der Waals surface area (Å²) in [7, 11) is 0. The molecule has 1 rings (SSSR count). The van der Waals surface area contributed by atoms with Crippen molar-refractivity contribution in [2.75, 3.05) is 24.6 Å². The lowest BCUT2D eigenvalue weighted by Gasteiger charge is -2.28. The van der Waals surface area contributed by atoms with Gasteiger partial charge < -0.3 is 10.0 Å². The first-order valence-corrected chi connectivity index (χ1v) is 8.54. The van der Waals surface area contributed by atoms with E-state index in [0.717, 1.165) is 12.2 Å². The van der Waals surface area contributed by atoms with Crippen molar-refractivity contribution in [1.82, 2.24) is 4.90 Å². The summed E-state index contributed by atoms with van der Waals surface area (Å²) in [4.78, 5) is 24.6. The predicted octanol–water partition coefficient (Wildman–Crippen LogP) is 2.92. The first kappa shape index (κ1) is 18.6. The zero-order valence-electron chi connectivity index (χ0n) is 13.5. The standard InChI is InChI=1S/C17H25NO3S/c1-17(2,3)13-18(11-16(20)21)15(19)12-22-10-9-14-7-5-4-6-8-14/h4-8H,9-13H2,1-3H3,(H,20,21). The highest BCUT2D eigenvalue weighted by Gasteiger charge is 2.22. The van der Waals surface area contributed by atoms with Crippen LogP contribution in [0.4, 0.5) is 0 Å². The van der Waals surface area contributed by atoms with Crippen molar-refractivity contribution in [1.29, 1.82) is 0 Å². The molecular formula is C17H25NO3S. The summed E-state index contributed by atoms with van der Waals surface area (Å²) in [6.45, 7) is 6.22. The van der Waals surface area contributed by atoms with E-state index in [-0.39, 0.29) is 17.9 Å². The Hall–Kier alpha value is -1.49. The van der Waals surface area contributed by atoms with Crippen LogP contribution in [0.5, 0.6) is 0 Å². The van der Waals surface area contributed by atoms with E-state index in [2.05, 4.69) is 12.1 Å². The van der Waals surface area contributed by atoms with Gasteiger partial charge in [0.05, 0.1) is 5.75 Å². The number of nitrogens with zero attached hydrogens (tertiary/aromatic N) is 1. The fourth-order valence-corrected chi connectivity index (χ4v) is 2.94. The van der Waals surface area contributed by atoms with Gasteiger partial charge in [-0.2, -0.15) is 11.8 Å². The highest BCUT2D eigenvalue weighted by atomic mass is 32.2. The molecule has 5 heteroatoms. The molecule has 0 saturated heterocycles. The van der Waals surface area contributed by atoms with Gasteiger partial charge in [-0.05, 0) is 23.2 Å². The summed E-state index contributed by atoms with van der Waals surface area (Å²) in [5, 5.41) is 8.95. The Kier molecular flexibility index (Phi) is 7.45. The van der Waals surface area contributed by atoms with Gasteiger partial charge in [0, 0.05) is 6.54 Å². The molecule has 0 spiro atoms. The Balaban J connectivity index is 2.40. The van der Waals surface area contributed by atoms with Gasteiger partial charge in [-0.25, -0.2) is 0 Å². The van der Waals surface area contributed by atoms with Crippen LogP contribution in [0.2, 0.25) is 0 Å². The van der Waals surface area contributed by atoms with Gasteiger partial charge in [0.25, 0.3) is 0 Å². The third-order valence-electron chi connectivity index (χ3n) is 2.95. The second-order valence-corrected chi connectivity index (χ2v) is 7.60. The zero-order chi connectivity index (χ0) is 16.6. The van der Waals surface area contributed by atoms with E-state index in [0.29, 0.717) is 12.3 Å². The maximum atomic E-state index is 12.2. The molecule has 0 saturated carbocycles. The van der Waals surface area contributed by atoms with E-state index in [1.165, 1.54) is 10.5 Å². The quantitative estimate of drug-likeness (QED) is 0.747. The molecule has 0 heterocycles. The number of aliphatic carboxylic acids is 1. The number of carboxylic acids is 1. The lowest BCUT2D eigenvalue weighted by Crippen LogP contribution is -2.42. The Bertz CT molecular complexity index is 482. The molecule has 1 aromatic carbocycles. The zero-order valence-corrected chi connectivity index (χ0v) is 14.4. The molecule has 22 heavy (non-hydrogen) atoms. The monoisotopic (exact) mass is 323 g/mol.